The van der Waals surface area contributed by atoms with Crippen LogP contribution in [0.15, 0.2) is 22.7 Å². The first-order valence-electron chi connectivity index (χ1n) is 8.15. The third kappa shape index (κ3) is 4.46. The van der Waals surface area contributed by atoms with E-state index in [0.717, 1.165) is 41.9 Å². The Balaban J connectivity index is 2.21. The molecule has 0 amide bonds. The van der Waals surface area contributed by atoms with Crippen LogP contribution in [0.4, 0.5) is 0 Å². The number of nitrogens with one attached hydrogen (secondary N) is 1. The van der Waals surface area contributed by atoms with E-state index >= 15 is 0 Å². The fourth-order valence-corrected chi connectivity index (χ4v) is 3.36. The highest BCUT2D eigenvalue weighted by molar-refractivity contribution is 9.10. The number of hydrogen-bond donors (Lipinski definition) is 1. The van der Waals surface area contributed by atoms with Crippen LogP contribution in [0.25, 0.3) is 0 Å². The van der Waals surface area contributed by atoms with Gasteiger partial charge in [-0.25, -0.2) is 0 Å². The Hall–Kier alpha value is -0.540. The molecular formula is C18H28BrNO. The highest BCUT2D eigenvalue weighted by Gasteiger charge is 2.36. The van der Waals surface area contributed by atoms with E-state index in [1.54, 1.807) is 0 Å². The fraction of sp³-hybridized carbons (Fsp3) is 0.667. The Morgan fingerprint density at radius 3 is 2.86 bits per heavy atom. The molecule has 0 spiro atoms. The van der Waals surface area contributed by atoms with Gasteiger partial charge in [-0.1, -0.05) is 36.7 Å². The van der Waals surface area contributed by atoms with Gasteiger partial charge in [-0.05, 0) is 56.8 Å². The molecule has 1 heterocycles. The zero-order chi connectivity index (χ0) is 15.5. The van der Waals surface area contributed by atoms with Gasteiger partial charge in [0.15, 0.2) is 0 Å². The summed E-state index contributed by atoms with van der Waals surface area (Å²) in [4.78, 5) is 0. The number of rotatable bonds is 6. The lowest BCUT2D eigenvalue weighted by Crippen LogP contribution is -2.42. The fourth-order valence-electron chi connectivity index (χ4n) is 2.98. The molecule has 0 aliphatic carbocycles. The van der Waals surface area contributed by atoms with Crippen molar-refractivity contribution in [1.29, 1.82) is 0 Å². The second-order valence-corrected chi connectivity index (χ2v) is 7.79. The van der Waals surface area contributed by atoms with Crippen LogP contribution in [0, 0.1) is 5.92 Å². The third-order valence-electron chi connectivity index (χ3n) is 4.23. The van der Waals surface area contributed by atoms with Crippen molar-refractivity contribution < 1.29 is 4.74 Å². The summed E-state index contributed by atoms with van der Waals surface area (Å²) in [6, 6.07) is 6.77. The number of fused-ring (bicyclic) bond motifs is 1. The molecule has 2 unspecified atom stereocenters. The minimum Gasteiger partial charge on any atom is -0.487 e. The minimum atomic E-state index is -0.0590. The second kappa shape index (κ2) is 7.15. The normalized spacial score (nSPS) is 24.8. The van der Waals surface area contributed by atoms with Crippen LogP contribution in [-0.4, -0.2) is 12.1 Å². The summed E-state index contributed by atoms with van der Waals surface area (Å²) in [7, 11) is 0. The average molecular weight is 354 g/mol. The van der Waals surface area contributed by atoms with Crippen molar-refractivity contribution in [2.45, 2.75) is 65.0 Å². The van der Waals surface area contributed by atoms with E-state index in [0.29, 0.717) is 6.04 Å². The number of hydrogen-bond acceptors (Lipinski definition) is 2. The van der Waals surface area contributed by atoms with E-state index in [9.17, 15) is 0 Å². The summed E-state index contributed by atoms with van der Waals surface area (Å²) in [6.07, 6.45) is 4.53. The number of ether oxygens (including phenoxy) is 1. The quantitative estimate of drug-likeness (QED) is 0.732. The van der Waals surface area contributed by atoms with Crippen LogP contribution in [0.2, 0.25) is 0 Å². The van der Waals surface area contributed by atoms with E-state index in [1.165, 1.54) is 12.0 Å². The Morgan fingerprint density at radius 1 is 1.43 bits per heavy atom. The van der Waals surface area contributed by atoms with E-state index in [-0.39, 0.29) is 5.60 Å². The van der Waals surface area contributed by atoms with E-state index < -0.39 is 0 Å². The van der Waals surface area contributed by atoms with Crippen molar-refractivity contribution >= 4 is 15.9 Å². The topological polar surface area (TPSA) is 21.3 Å². The number of benzene rings is 1. The van der Waals surface area contributed by atoms with Crippen LogP contribution in [0.3, 0.4) is 0 Å². The molecule has 0 bridgehead atoms. The molecule has 1 aromatic rings. The van der Waals surface area contributed by atoms with Gasteiger partial charge in [0.25, 0.3) is 0 Å². The van der Waals surface area contributed by atoms with Gasteiger partial charge in [0, 0.05) is 22.5 Å². The Bertz CT molecular complexity index is 474. The maximum atomic E-state index is 6.37. The molecule has 1 aliphatic heterocycles. The summed E-state index contributed by atoms with van der Waals surface area (Å²) >= 11 is 3.58. The van der Waals surface area contributed by atoms with Gasteiger partial charge in [-0.2, -0.15) is 0 Å². The number of halogens is 1. The van der Waals surface area contributed by atoms with Crippen LogP contribution >= 0.6 is 15.9 Å². The smallest absolute Gasteiger partial charge is 0.124 e. The van der Waals surface area contributed by atoms with Gasteiger partial charge >= 0.3 is 0 Å². The maximum absolute atomic E-state index is 6.37. The average Bonchev–Trinajstić information content (AvgIpc) is 2.43. The Labute approximate surface area is 137 Å². The molecule has 1 N–H and O–H groups in total. The molecule has 1 aromatic carbocycles. The van der Waals surface area contributed by atoms with Crippen molar-refractivity contribution in [1.82, 2.24) is 5.32 Å². The van der Waals surface area contributed by atoms with Gasteiger partial charge in [0.1, 0.15) is 11.4 Å². The van der Waals surface area contributed by atoms with Gasteiger partial charge in [-0.15, -0.1) is 0 Å². The monoisotopic (exact) mass is 353 g/mol. The lowest BCUT2D eigenvalue weighted by atomic mass is 9.84. The summed E-state index contributed by atoms with van der Waals surface area (Å²) in [5.74, 6) is 1.77. The highest BCUT2D eigenvalue weighted by atomic mass is 79.9. The molecule has 0 saturated heterocycles. The van der Waals surface area contributed by atoms with E-state index in [2.05, 4.69) is 67.1 Å². The minimum absolute atomic E-state index is 0.0590. The molecule has 0 aromatic heterocycles. The predicted molar refractivity (Wildman–Crippen MR) is 92.9 cm³/mol. The third-order valence-corrected chi connectivity index (χ3v) is 4.72. The highest BCUT2D eigenvalue weighted by Crippen LogP contribution is 2.42. The Morgan fingerprint density at radius 2 is 2.19 bits per heavy atom. The molecule has 2 rings (SSSR count). The van der Waals surface area contributed by atoms with Crippen molar-refractivity contribution in [3.63, 3.8) is 0 Å². The van der Waals surface area contributed by atoms with Crippen LogP contribution in [0.5, 0.6) is 5.75 Å². The molecule has 2 nitrogen and oxygen atoms in total. The van der Waals surface area contributed by atoms with Crippen LogP contribution in [0.1, 0.15) is 65.0 Å². The van der Waals surface area contributed by atoms with Gasteiger partial charge < -0.3 is 10.1 Å². The molecule has 21 heavy (non-hydrogen) atoms. The molecule has 0 saturated carbocycles. The van der Waals surface area contributed by atoms with Gasteiger partial charge in [0.05, 0.1) is 0 Å². The van der Waals surface area contributed by atoms with E-state index in [4.69, 9.17) is 4.74 Å². The SMILES string of the molecule is CCCNC1CC(C)(CCC(C)C)Oc2ccc(Br)cc21. The molecule has 0 radical (unpaired) electrons. The lowest BCUT2D eigenvalue weighted by molar-refractivity contribution is 0.0348. The Kier molecular flexibility index (Phi) is 5.73. The molecule has 3 heteroatoms. The van der Waals surface area contributed by atoms with Gasteiger partial charge in [0.2, 0.25) is 0 Å². The van der Waals surface area contributed by atoms with Crippen LogP contribution in [-0.2, 0) is 0 Å². The van der Waals surface area contributed by atoms with Crippen molar-refractivity contribution in [3.8, 4) is 5.75 Å². The zero-order valence-electron chi connectivity index (χ0n) is 13.7. The predicted octanol–water partition coefficient (Wildman–Crippen LogP) is 5.47. The summed E-state index contributed by atoms with van der Waals surface area (Å²) in [5.41, 5.74) is 1.23. The summed E-state index contributed by atoms with van der Waals surface area (Å²) < 4.78 is 7.50. The first kappa shape index (κ1) is 16.8. The van der Waals surface area contributed by atoms with Crippen molar-refractivity contribution in [2.24, 2.45) is 5.92 Å². The molecule has 0 fully saturated rings. The molecular weight excluding hydrogens is 326 g/mol. The molecule has 1 aliphatic rings. The second-order valence-electron chi connectivity index (χ2n) is 6.88. The van der Waals surface area contributed by atoms with Gasteiger partial charge in [-0.3, -0.25) is 0 Å². The van der Waals surface area contributed by atoms with Crippen molar-refractivity contribution in [3.05, 3.63) is 28.2 Å². The summed E-state index contributed by atoms with van der Waals surface area (Å²) in [6.45, 7) is 10.1. The zero-order valence-corrected chi connectivity index (χ0v) is 15.3. The maximum Gasteiger partial charge on any atom is 0.124 e. The first-order valence-corrected chi connectivity index (χ1v) is 8.94. The standard InChI is InChI=1S/C18H28BrNO/c1-5-10-20-16-12-18(4,9-8-13(2)3)21-17-7-6-14(19)11-15(16)17/h6-7,11,13,16,20H,5,8-10,12H2,1-4H3. The van der Waals surface area contributed by atoms with E-state index in [1.807, 2.05) is 0 Å². The molecule has 118 valence electrons. The largest absolute Gasteiger partial charge is 0.487 e. The summed E-state index contributed by atoms with van der Waals surface area (Å²) in [5, 5.41) is 3.70. The van der Waals surface area contributed by atoms with Crippen molar-refractivity contribution in [2.75, 3.05) is 6.54 Å². The lowest BCUT2D eigenvalue weighted by Gasteiger charge is -2.41. The van der Waals surface area contributed by atoms with Crippen LogP contribution < -0.4 is 10.1 Å². The first-order chi connectivity index (χ1) is 9.93. The molecule has 2 atom stereocenters.